The van der Waals surface area contributed by atoms with Crippen molar-refractivity contribution in [1.82, 2.24) is 19.7 Å². The van der Waals surface area contributed by atoms with E-state index in [-0.39, 0.29) is 19.1 Å². The van der Waals surface area contributed by atoms with Gasteiger partial charge < -0.3 is 4.74 Å². The van der Waals surface area contributed by atoms with E-state index in [4.69, 9.17) is 10.00 Å². The van der Waals surface area contributed by atoms with E-state index in [0.29, 0.717) is 18.7 Å². The number of nitrogens with zero attached hydrogens (tertiary/aromatic N) is 5. The van der Waals surface area contributed by atoms with Crippen molar-refractivity contribution in [3.05, 3.63) is 59.1 Å². The second-order valence-corrected chi connectivity index (χ2v) is 8.87. The third kappa shape index (κ3) is 4.46. The third-order valence-electron chi connectivity index (χ3n) is 6.37. The predicted octanol–water partition coefficient (Wildman–Crippen LogP) is 4.88. The highest BCUT2D eigenvalue weighted by molar-refractivity contribution is 5.83. The molecule has 1 fully saturated rings. The van der Waals surface area contributed by atoms with Crippen LogP contribution in [0.5, 0.6) is 5.75 Å². The smallest absolute Gasteiger partial charge is 0.261 e. The molecule has 0 spiro atoms. The van der Waals surface area contributed by atoms with Crippen LogP contribution in [-0.4, -0.2) is 45.2 Å². The number of alkyl halides is 2. The van der Waals surface area contributed by atoms with Crippen LogP contribution in [0.1, 0.15) is 47.8 Å². The Balaban J connectivity index is 1.36. The number of fused-ring (bicyclic) bond motifs is 2. The molecule has 0 amide bonds. The number of benzene rings is 1. The first-order valence-corrected chi connectivity index (χ1v) is 11.2. The van der Waals surface area contributed by atoms with Gasteiger partial charge in [-0.05, 0) is 49.4 Å². The van der Waals surface area contributed by atoms with Crippen molar-refractivity contribution in [3.63, 3.8) is 0 Å². The lowest BCUT2D eigenvalue weighted by Crippen LogP contribution is -2.25. The van der Waals surface area contributed by atoms with Crippen LogP contribution in [0.4, 0.5) is 8.78 Å². The molecule has 0 N–H and O–H groups in total. The summed E-state index contributed by atoms with van der Waals surface area (Å²) in [5, 5.41) is 14.6. The molecule has 2 aromatic heterocycles. The van der Waals surface area contributed by atoms with Gasteiger partial charge in [-0.1, -0.05) is 6.08 Å². The number of hydrogen-bond acceptors (Lipinski definition) is 5. The maximum atomic E-state index is 13.4. The molecular formula is C25H25F2N5O. The summed E-state index contributed by atoms with van der Waals surface area (Å²) >= 11 is 0. The van der Waals surface area contributed by atoms with Crippen LogP contribution in [0.2, 0.25) is 0 Å². The maximum Gasteiger partial charge on any atom is 0.261 e. The normalized spacial score (nSPS) is 20.2. The Labute approximate surface area is 191 Å². The van der Waals surface area contributed by atoms with Crippen LogP contribution in [0, 0.1) is 18.3 Å². The van der Waals surface area contributed by atoms with Crippen LogP contribution in [0.3, 0.4) is 0 Å². The summed E-state index contributed by atoms with van der Waals surface area (Å²) in [5.41, 5.74) is 4.44. The van der Waals surface area contributed by atoms with Gasteiger partial charge in [0.25, 0.3) is 5.92 Å². The Bertz CT molecular complexity index is 1260. The first-order valence-electron chi connectivity index (χ1n) is 11.2. The first kappa shape index (κ1) is 21.5. The Morgan fingerprint density at radius 1 is 1.30 bits per heavy atom. The molecule has 2 aliphatic rings. The summed E-state index contributed by atoms with van der Waals surface area (Å²) in [6.07, 6.45) is 9.57. The zero-order valence-electron chi connectivity index (χ0n) is 18.5. The molecule has 0 bridgehead atoms. The van der Waals surface area contributed by atoms with Gasteiger partial charge in [-0.3, -0.25) is 9.88 Å². The second kappa shape index (κ2) is 8.56. The lowest BCUT2D eigenvalue weighted by Gasteiger charge is -2.26. The summed E-state index contributed by atoms with van der Waals surface area (Å²) in [5.74, 6) is -1.82. The molecular weight excluding hydrogens is 424 g/mol. The summed E-state index contributed by atoms with van der Waals surface area (Å²) in [7, 11) is 0. The molecule has 5 rings (SSSR count). The fourth-order valence-electron chi connectivity index (χ4n) is 4.65. The highest BCUT2D eigenvalue weighted by atomic mass is 19.3. The van der Waals surface area contributed by atoms with Crippen LogP contribution < -0.4 is 4.74 Å². The zero-order chi connectivity index (χ0) is 23.0. The third-order valence-corrected chi connectivity index (χ3v) is 6.37. The highest BCUT2D eigenvalue weighted by Gasteiger charge is 2.37. The monoisotopic (exact) mass is 449 g/mol. The Hall–Kier alpha value is -3.31. The number of likely N-dealkylation sites (tertiary alicyclic amines) is 1. The molecule has 1 aliphatic carbocycles. The van der Waals surface area contributed by atoms with Crippen LogP contribution in [0.15, 0.2) is 36.7 Å². The van der Waals surface area contributed by atoms with Gasteiger partial charge in [0.15, 0.2) is 0 Å². The molecule has 0 saturated carbocycles. The molecule has 1 aromatic carbocycles. The van der Waals surface area contributed by atoms with Crippen molar-refractivity contribution in [3.8, 4) is 11.8 Å². The second-order valence-electron chi connectivity index (χ2n) is 8.87. The van der Waals surface area contributed by atoms with Gasteiger partial charge in [-0.15, -0.1) is 0 Å². The SMILES string of the molecule is Cc1cc2cnn(/C=C/CN3CCC(F)(F)C3)c2cc1O[C@@H]1CCCc2cc(C#N)cnc21. The van der Waals surface area contributed by atoms with Crippen molar-refractivity contribution in [2.24, 2.45) is 0 Å². The number of nitriles is 1. The molecule has 6 nitrogen and oxygen atoms in total. The number of aryl methyl sites for hydroxylation is 2. The fraction of sp³-hybridized carbons (Fsp3) is 0.400. The lowest BCUT2D eigenvalue weighted by atomic mass is 9.92. The fourth-order valence-corrected chi connectivity index (χ4v) is 4.65. The number of ether oxygens (including phenoxy) is 1. The topological polar surface area (TPSA) is 67.0 Å². The van der Waals surface area contributed by atoms with Crippen LogP contribution >= 0.6 is 0 Å². The molecule has 1 aliphatic heterocycles. The molecule has 33 heavy (non-hydrogen) atoms. The summed E-state index contributed by atoms with van der Waals surface area (Å²) in [6.45, 7) is 2.68. The van der Waals surface area contributed by atoms with Gasteiger partial charge in [0.05, 0.1) is 29.5 Å². The van der Waals surface area contributed by atoms with E-state index in [1.807, 2.05) is 37.4 Å². The summed E-state index contributed by atoms with van der Waals surface area (Å²) < 4.78 is 35.0. The highest BCUT2D eigenvalue weighted by Crippen LogP contribution is 2.35. The average Bonchev–Trinajstić information content (AvgIpc) is 3.35. The molecule has 1 saturated heterocycles. The summed E-state index contributed by atoms with van der Waals surface area (Å²) in [4.78, 5) is 6.26. The van der Waals surface area contributed by atoms with Gasteiger partial charge >= 0.3 is 0 Å². The summed E-state index contributed by atoms with van der Waals surface area (Å²) in [6, 6.07) is 8.08. The van der Waals surface area contributed by atoms with Crippen molar-refractivity contribution in [2.75, 3.05) is 19.6 Å². The first-order chi connectivity index (χ1) is 15.9. The Morgan fingerprint density at radius 3 is 2.97 bits per heavy atom. The van der Waals surface area contributed by atoms with Gasteiger partial charge in [-0.25, -0.2) is 13.5 Å². The van der Waals surface area contributed by atoms with E-state index in [2.05, 4.69) is 16.2 Å². The number of aromatic nitrogens is 3. The van der Waals surface area contributed by atoms with Crippen molar-refractivity contribution < 1.29 is 13.5 Å². The Kier molecular flexibility index (Phi) is 5.59. The van der Waals surface area contributed by atoms with E-state index in [1.54, 1.807) is 22.0 Å². The van der Waals surface area contributed by atoms with E-state index in [9.17, 15) is 8.78 Å². The van der Waals surface area contributed by atoms with Gasteiger partial charge in [0.1, 0.15) is 17.9 Å². The lowest BCUT2D eigenvalue weighted by molar-refractivity contribution is 0.0133. The predicted molar refractivity (Wildman–Crippen MR) is 121 cm³/mol. The van der Waals surface area contributed by atoms with Crippen LogP contribution in [-0.2, 0) is 6.42 Å². The molecule has 0 radical (unpaired) electrons. The van der Waals surface area contributed by atoms with Gasteiger partial charge in [0, 0.05) is 43.4 Å². The minimum atomic E-state index is -2.58. The van der Waals surface area contributed by atoms with Gasteiger partial charge in [0.2, 0.25) is 0 Å². The van der Waals surface area contributed by atoms with Crippen molar-refractivity contribution in [1.29, 1.82) is 5.26 Å². The number of rotatable bonds is 5. The van der Waals surface area contributed by atoms with E-state index in [0.717, 1.165) is 52.7 Å². The van der Waals surface area contributed by atoms with E-state index >= 15 is 0 Å². The minimum absolute atomic E-state index is 0.0809. The molecule has 170 valence electrons. The largest absolute Gasteiger partial charge is 0.484 e. The van der Waals surface area contributed by atoms with Crippen molar-refractivity contribution >= 4 is 17.1 Å². The van der Waals surface area contributed by atoms with E-state index < -0.39 is 5.92 Å². The van der Waals surface area contributed by atoms with Crippen molar-refractivity contribution in [2.45, 2.75) is 44.6 Å². The number of hydrogen-bond donors (Lipinski definition) is 0. The quantitative estimate of drug-likeness (QED) is 0.555. The molecule has 3 aromatic rings. The molecule has 0 unspecified atom stereocenters. The van der Waals surface area contributed by atoms with Gasteiger partial charge in [-0.2, -0.15) is 10.4 Å². The maximum absolute atomic E-state index is 13.4. The minimum Gasteiger partial charge on any atom is -0.484 e. The molecule has 8 heteroatoms. The molecule has 3 heterocycles. The Morgan fingerprint density at radius 2 is 2.18 bits per heavy atom. The standard InChI is InChI=1S/C25H25F2N5O/c1-17-10-20-15-30-32(8-3-7-31-9-6-25(26,27)16-31)21(20)12-23(17)33-22-5-2-4-19-11-18(13-28)14-29-24(19)22/h3,8,10-12,14-15,22H,2,4-7,9,16H2,1H3/b8-3+/t22-/m1/s1. The number of halogens is 2. The van der Waals surface area contributed by atoms with Crippen LogP contribution in [0.25, 0.3) is 17.1 Å². The zero-order valence-corrected chi connectivity index (χ0v) is 18.5. The van der Waals surface area contributed by atoms with E-state index in [1.165, 1.54) is 0 Å². The number of pyridine rings is 1. The molecule has 1 atom stereocenters. The average molecular weight is 450 g/mol.